The van der Waals surface area contributed by atoms with Gasteiger partial charge in [-0.05, 0) is 39.3 Å². The van der Waals surface area contributed by atoms with Crippen molar-refractivity contribution in [1.29, 1.82) is 0 Å². The van der Waals surface area contributed by atoms with Crippen LogP contribution in [-0.2, 0) is 0 Å². The molecule has 0 aliphatic carbocycles. The topological polar surface area (TPSA) is 63.8 Å². The van der Waals surface area contributed by atoms with Crippen LogP contribution in [0.1, 0.15) is 36.1 Å². The van der Waals surface area contributed by atoms with Crippen molar-refractivity contribution in [2.75, 3.05) is 6.54 Å². The third-order valence-electron chi connectivity index (χ3n) is 2.76. The molecule has 3 N–H and O–H groups in total. The highest BCUT2D eigenvalue weighted by Crippen LogP contribution is 2.19. The number of hydrogen-bond donors (Lipinski definition) is 2. The highest BCUT2D eigenvalue weighted by Gasteiger charge is 2.22. The number of nitrogens with zero attached hydrogens (tertiary/aromatic N) is 2. The standard InChI is InChI=1S/C11H18N4.2ClH/c1-7-5-8(2)15-11(14-7)10-6-9(12)3-4-13-10;;/h5,9-10,13H,3-4,6,12H2,1-2H3;2*1H. The van der Waals surface area contributed by atoms with Gasteiger partial charge in [-0.3, -0.25) is 0 Å². The van der Waals surface area contributed by atoms with Crippen LogP contribution in [0, 0.1) is 13.8 Å². The number of aromatic nitrogens is 2. The van der Waals surface area contributed by atoms with Crippen LogP contribution in [-0.4, -0.2) is 22.6 Å². The smallest absolute Gasteiger partial charge is 0.145 e. The van der Waals surface area contributed by atoms with Gasteiger partial charge in [0.15, 0.2) is 0 Å². The Morgan fingerprint density at radius 2 is 1.82 bits per heavy atom. The third kappa shape index (κ3) is 4.39. The second-order valence-corrected chi connectivity index (χ2v) is 4.30. The van der Waals surface area contributed by atoms with Crippen LogP contribution in [0.4, 0.5) is 0 Å². The summed E-state index contributed by atoms with van der Waals surface area (Å²) in [5.41, 5.74) is 8.00. The minimum atomic E-state index is 0. The number of nitrogens with two attached hydrogens (primary N) is 1. The Labute approximate surface area is 115 Å². The van der Waals surface area contributed by atoms with E-state index in [1.165, 1.54) is 0 Å². The minimum Gasteiger partial charge on any atom is -0.328 e. The molecule has 2 rings (SSSR count). The number of halogens is 2. The fraction of sp³-hybridized carbons (Fsp3) is 0.636. The number of aryl methyl sites for hydroxylation is 2. The second kappa shape index (κ2) is 7.11. The molecule has 0 saturated carbocycles. The summed E-state index contributed by atoms with van der Waals surface area (Å²) in [6, 6.07) is 2.50. The van der Waals surface area contributed by atoms with Gasteiger partial charge < -0.3 is 11.1 Å². The lowest BCUT2D eigenvalue weighted by Crippen LogP contribution is -2.39. The average molecular weight is 279 g/mol. The maximum absolute atomic E-state index is 5.94. The molecule has 0 bridgehead atoms. The van der Waals surface area contributed by atoms with Crippen LogP contribution in [0.2, 0.25) is 0 Å². The van der Waals surface area contributed by atoms with Crippen molar-refractivity contribution in [3.8, 4) is 0 Å². The summed E-state index contributed by atoms with van der Waals surface area (Å²) < 4.78 is 0. The Hall–Kier alpha value is -0.420. The molecule has 0 amide bonds. The first-order chi connectivity index (χ1) is 7.15. The van der Waals surface area contributed by atoms with Gasteiger partial charge in [0.1, 0.15) is 5.82 Å². The summed E-state index contributed by atoms with van der Waals surface area (Å²) in [6.07, 6.45) is 1.98. The largest absolute Gasteiger partial charge is 0.328 e. The zero-order valence-electron chi connectivity index (χ0n) is 10.1. The fourth-order valence-electron chi connectivity index (χ4n) is 2.05. The fourth-order valence-corrected chi connectivity index (χ4v) is 2.05. The van der Waals surface area contributed by atoms with Gasteiger partial charge in [-0.15, -0.1) is 24.8 Å². The van der Waals surface area contributed by atoms with Gasteiger partial charge >= 0.3 is 0 Å². The second-order valence-electron chi connectivity index (χ2n) is 4.30. The van der Waals surface area contributed by atoms with Gasteiger partial charge in [-0.2, -0.15) is 0 Å². The molecule has 0 radical (unpaired) electrons. The molecule has 1 aromatic rings. The van der Waals surface area contributed by atoms with E-state index in [4.69, 9.17) is 5.73 Å². The molecule has 2 atom stereocenters. The van der Waals surface area contributed by atoms with Crippen LogP contribution < -0.4 is 11.1 Å². The maximum atomic E-state index is 5.94. The van der Waals surface area contributed by atoms with Gasteiger partial charge in [-0.25, -0.2) is 9.97 Å². The summed E-state index contributed by atoms with van der Waals surface area (Å²) in [4.78, 5) is 8.93. The zero-order valence-corrected chi connectivity index (χ0v) is 11.8. The molecule has 1 aromatic heterocycles. The SMILES string of the molecule is Cc1cc(C)nc(C2CC(N)CCN2)n1.Cl.Cl. The van der Waals surface area contributed by atoms with Crippen LogP contribution in [0.25, 0.3) is 0 Å². The molecule has 1 fully saturated rings. The Balaban J connectivity index is 0.00000128. The number of rotatable bonds is 1. The Morgan fingerprint density at radius 1 is 1.24 bits per heavy atom. The first kappa shape index (κ1) is 16.6. The van der Waals surface area contributed by atoms with Crippen molar-refractivity contribution >= 4 is 24.8 Å². The van der Waals surface area contributed by atoms with Gasteiger partial charge in [-0.1, -0.05) is 0 Å². The Morgan fingerprint density at radius 3 is 2.35 bits per heavy atom. The summed E-state index contributed by atoms with van der Waals surface area (Å²) in [5.74, 6) is 0.891. The van der Waals surface area contributed by atoms with E-state index in [0.29, 0.717) is 0 Å². The molecule has 0 spiro atoms. The van der Waals surface area contributed by atoms with E-state index in [2.05, 4.69) is 15.3 Å². The molecule has 1 aliphatic heterocycles. The van der Waals surface area contributed by atoms with Gasteiger partial charge in [0.25, 0.3) is 0 Å². The summed E-state index contributed by atoms with van der Waals surface area (Å²) in [5, 5.41) is 3.42. The van der Waals surface area contributed by atoms with Crippen LogP contribution in [0.3, 0.4) is 0 Å². The van der Waals surface area contributed by atoms with Crippen molar-refractivity contribution in [1.82, 2.24) is 15.3 Å². The van der Waals surface area contributed by atoms with Crippen LogP contribution >= 0.6 is 24.8 Å². The summed E-state index contributed by atoms with van der Waals surface area (Å²) in [7, 11) is 0. The first-order valence-electron chi connectivity index (χ1n) is 5.46. The maximum Gasteiger partial charge on any atom is 0.145 e. The normalized spacial score (nSPS) is 23.5. The van der Waals surface area contributed by atoms with Crippen molar-refractivity contribution < 1.29 is 0 Å². The molecule has 1 saturated heterocycles. The van der Waals surface area contributed by atoms with Gasteiger partial charge in [0.05, 0.1) is 6.04 Å². The lowest BCUT2D eigenvalue weighted by atomic mass is 9.99. The number of hydrogen-bond acceptors (Lipinski definition) is 4. The average Bonchev–Trinajstić information content (AvgIpc) is 2.16. The summed E-state index contributed by atoms with van der Waals surface area (Å²) in [6.45, 7) is 4.96. The lowest BCUT2D eigenvalue weighted by Gasteiger charge is -2.27. The molecule has 1 aliphatic rings. The zero-order chi connectivity index (χ0) is 10.8. The quantitative estimate of drug-likeness (QED) is 0.821. The van der Waals surface area contributed by atoms with E-state index in [9.17, 15) is 0 Å². The van der Waals surface area contributed by atoms with Crippen LogP contribution in [0.15, 0.2) is 6.07 Å². The van der Waals surface area contributed by atoms with E-state index >= 15 is 0 Å². The molecule has 0 aromatic carbocycles. The number of nitrogens with one attached hydrogen (secondary N) is 1. The molecule has 17 heavy (non-hydrogen) atoms. The molecule has 2 unspecified atom stereocenters. The predicted molar refractivity (Wildman–Crippen MR) is 74.0 cm³/mol. The Bertz CT molecular complexity index is 339. The predicted octanol–water partition coefficient (Wildman–Crippen LogP) is 1.69. The molecule has 2 heterocycles. The highest BCUT2D eigenvalue weighted by molar-refractivity contribution is 5.85. The Kier molecular flexibility index (Phi) is 6.94. The van der Waals surface area contributed by atoms with Crippen molar-refractivity contribution in [3.05, 3.63) is 23.3 Å². The van der Waals surface area contributed by atoms with Crippen molar-refractivity contribution in [3.63, 3.8) is 0 Å². The van der Waals surface area contributed by atoms with Crippen molar-refractivity contribution in [2.24, 2.45) is 5.73 Å². The van der Waals surface area contributed by atoms with Gasteiger partial charge in [0, 0.05) is 17.4 Å². The highest BCUT2D eigenvalue weighted by atomic mass is 35.5. The lowest BCUT2D eigenvalue weighted by molar-refractivity contribution is 0.357. The first-order valence-corrected chi connectivity index (χ1v) is 5.46. The molecule has 98 valence electrons. The molecular formula is C11H20Cl2N4. The summed E-state index contributed by atoms with van der Waals surface area (Å²) >= 11 is 0. The van der Waals surface area contributed by atoms with Gasteiger partial charge in [0.2, 0.25) is 0 Å². The van der Waals surface area contributed by atoms with E-state index in [1.54, 1.807) is 0 Å². The van der Waals surface area contributed by atoms with E-state index in [-0.39, 0.29) is 36.9 Å². The molecule has 4 nitrogen and oxygen atoms in total. The van der Waals surface area contributed by atoms with Crippen LogP contribution in [0.5, 0.6) is 0 Å². The van der Waals surface area contributed by atoms with E-state index < -0.39 is 0 Å². The minimum absolute atomic E-state index is 0. The molecule has 6 heteroatoms. The monoisotopic (exact) mass is 278 g/mol. The third-order valence-corrected chi connectivity index (χ3v) is 2.76. The number of piperidine rings is 1. The molecular weight excluding hydrogens is 259 g/mol. The van der Waals surface area contributed by atoms with Crippen molar-refractivity contribution in [2.45, 2.75) is 38.8 Å². The van der Waals surface area contributed by atoms with E-state index in [0.717, 1.165) is 36.6 Å². The van der Waals surface area contributed by atoms with E-state index in [1.807, 2.05) is 19.9 Å².